The van der Waals surface area contributed by atoms with Crippen molar-refractivity contribution in [3.05, 3.63) is 29.8 Å². The number of carbonyl (C=O) groups excluding carboxylic acids is 1. The zero-order chi connectivity index (χ0) is 16.0. The molecule has 1 atom stereocenters. The second kappa shape index (κ2) is 7.11. The molecule has 0 unspecified atom stereocenters. The Kier molecular flexibility index (Phi) is 5.76. The quantitative estimate of drug-likeness (QED) is 0.810. The van der Waals surface area contributed by atoms with Crippen LogP contribution in [0.15, 0.2) is 24.3 Å². The van der Waals surface area contributed by atoms with E-state index in [0.717, 1.165) is 11.3 Å². The SMILES string of the molecule is COc1ccc([C@H](C)NC(=O)CC(C)(C)CC(=O)O)cc1. The molecule has 1 rings (SSSR count). The predicted molar refractivity (Wildman–Crippen MR) is 80.2 cm³/mol. The van der Waals surface area contributed by atoms with E-state index < -0.39 is 11.4 Å². The Balaban J connectivity index is 2.58. The number of amides is 1. The van der Waals surface area contributed by atoms with Gasteiger partial charge in [-0.05, 0) is 30.0 Å². The van der Waals surface area contributed by atoms with Crippen LogP contribution in [0.2, 0.25) is 0 Å². The molecule has 0 radical (unpaired) electrons. The van der Waals surface area contributed by atoms with Gasteiger partial charge in [-0.15, -0.1) is 0 Å². The Morgan fingerprint density at radius 3 is 2.29 bits per heavy atom. The lowest BCUT2D eigenvalue weighted by molar-refractivity contribution is -0.139. The summed E-state index contributed by atoms with van der Waals surface area (Å²) in [7, 11) is 1.60. The average molecular weight is 293 g/mol. The average Bonchev–Trinajstić information content (AvgIpc) is 2.36. The second-order valence-electron chi connectivity index (χ2n) is 5.97. The molecule has 0 heterocycles. The number of hydrogen-bond acceptors (Lipinski definition) is 3. The number of rotatable bonds is 7. The van der Waals surface area contributed by atoms with Crippen molar-refractivity contribution in [2.24, 2.45) is 5.41 Å². The highest BCUT2D eigenvalue weighted by Crippen LogP contribution is 2.25. The highest BCUT2D eigenvalue weighted by molar-refractivity contribution is 5.78. The highest BCUT2D eigenvalue weighted by Gasteiger charge is 2.25. The van der Waals surface area contributed by atoms with Crippen LogP contribution in [0.1, 0.15) is 45.2 Å². The maximum absolute atomic E-state index is 12.0. The van der Waals surface area contributed by atoms with Crippen LogP contribution in [-0.2, 0) is 9.59 Å². The molecule has 0 bridgehead atoms. The fourth-order valence-corrected chi connectivity index (χ4v) is 2.17. The number of ether oxygens (including phenoxy) is 1. The number of carbonyl (C=O) groups is 2. The van der Waals surface area contributed by atoms with E-state index in [9.17, 15) is 9.59 Å². The Labute approximate surface area is 125 Å². The van der Waals surface area contributed by atoms with Crippen molar-refractivity contribution in [1.29, 1.82) is 0 Å². The van der Waals surface area contributed by atoms with Crippen molar-refractivity contribution in [3.8, 4) is 5.75 Å². The highest BCUT2D eigenvalue weighted by atomic mass is 16.5. The number of aliphatic carboxylic acids is 1. The molecule has 0 aliphatic rings. The van der Waals surface area contributed by atoms with Crippen molar-refractivity contribution in [1.82, 2.24) is 5.32 Å². The third-order valence-corrected chi connectivity index (χ3v) is 3.26. The molecule has 0 saturated heterocycles. The van der Waals surface area contributed by atoms with Crippen LogP contribution in [-0.4, -0.2) is 24.1 Å². The third-order valence-electron chi connectivity index (χ3n) is 3.26. The standard InChI is InChI=1S/C16H23NO4/c1-11(12-5-7-13(21-4)8-6-12)17-14(18)9-16(2,3)10-15(19)20/h5-8,11H,9-10H2,1-4H3,(H,17,18)(H,19,20)/t11-/m0/s1. The molecule has 0 saturated carbocycles. The second-order valence-corrected chi connectivity index (χ2v) is 5.97. The molecule has 21 heavy (non-hydrogen) atoms. The summed E-state index contributed by atoms with van der Waals surface area (Å²) in [6.07, 6.45) is 0.150. The number of carboxylic acids is 1. The molecule has 0 aromatic heterocycles. The van der Waals surface area contributed by atoms with Crippen LogP contribution in [0.3, 0.4) is 0 Å². The fourth-order valence-electron chi connectivity index (χ4n) is 2.17. The number of hydrogen-bond donors (Lipinski definition) is 2. The van der Waals surface area contributed by atoms with E-state index in [0.29, 0.717) is 0 Å². The van der Waals surface area contributed by atoms with E-state index >= 15 is 0 Å². The number of methoxy groups -OCH3 is 1. The Morgan fingerprint density at radius 2 is 1.81 bits per heavy atom. The van der Waals surface area contributed by atoms with Gasteiger partial charge < -0.3 is 15.2 Å². The number of benzene rings is 1. The first-order chi connectivity index (χ1) is 9.73. The summed E-state index contributed by atoms with van der Waals surface area (Å²) in [5, 5.41) is 11.7. The summed E-state index contributed by atoms with van der Waals surface area (Å²) >= 11 is 0. The lowest BCUT2D eigenvalue weighted by Crippen LogP contribution is -2.31. The van der Waals surface area contributed by atoms with Crippen molar-refractivity contribution < 1.29 is 19.4 Å². The minimum Gasteiger partial charge on any atom is -0.497 e. The van der Waals surface area contributed by atoms with Gasteiger partial charge in [0.25, 0.3) is 0 Å². The molecule has 5 nitrogen and oxygen atoms in total. The monoisotopic (exact) mass is 293 g/mol. The van der Waals surface area contributed by atoms with Crippen LogP contribution >= 0.6 is 0 Å². The number of carboxylic acid groups (broad SMARTS) is 1. The van der Waals surface area contributed by atoms with Crippen LogP contribution in [0.4, 0.5) is 0 Å². The van der Waals surface area contributed by atoms with Gasteiger partial charge in [-0.1, -0.05) is 26.0 Å². The maximum atomic E-state index is 12.0. The largest absolute Gasteiger partial charge is 0.497 e. The molecule has 1 aromatic rings. The molecule has 116 valence electrons. The minimum atomic E-state index is -0.893. The Bertz CT molecular complexity index is 494. The Hall–Kier alpha value is -2.04. The summed E-state index contributed by atoms with van der Waals surface area (Å²) < 4.78 is 5.09. The number of nitrogens with one attached hydrogen (secondary N) is 1. The summed E-state index contributed by atoms with van der Waals surface area (Å²) in [6.45, 7) is 5.45. The van der Waals surface area contributed by atoms with Crippen LogP contribution < -0.4 is 10.1 Å². The minimum absolute atomic E-state index is 0.0304. The normalized spacial score (nSPS) is 12.6. The summed E-state index contributed by atoms with van der Waals surface area (Å²) in [4.78, 5) is 22.8. The van der Waals surface area contributed by atoms with E-state index in [2.05, 4.69) is 5.32 Å². The zero-order valence-corrected chi connectivity index (χ0v) is 13.0. The van der Waals surface area contributed by atoms with Gasteiger partial charge in [0, 0.05) is 6.42 Å². The Morgan fingerprint density at radius 1 is 1.24 bits per heavy atom. The van der Waals surface area contributed by atoms with Crippen LogP contribution in [0, 0.1) is 5.41 Å². The van der Waals surface area contributed by atoms with Crippen LogP contribution in [0.5, 0.6) is 5.75 Å². The maximum Gasteiger partial charge on any atom is 0.303 e. The van der Waals surface area contributed by atoms with Gasteiger partial charge in [-0.25, -0.2) is 0 Å². The van der Waals surface area contributed by atoms with Gasteiger partial charge in [0.15, 0.2) is 0 Å². The lowest BCUT2D eigenvalue weighted by atomic mass is 9.85. The first kappa shape index (κ1) is 17.0. The van der Waals surface area contributed by atoms with Gasteiger partial charge in [-0.2, -0.15) is 0 Å². The molecular formula is C16H23NO4. The molecule has 0 spiro atoms. The van der Waals surface area contributed by atoms with Gasteiger partial charge in [0.1, 0.15) is 5.75 Å². The first-order valence-corrected chi connectivity index (χ1v) is 6.88. The predicted octanol–water partition coefficient (Wildman–Crippen LogP) is 2.76. The summed E-state index contributed by atoms with van der Waals surface area (Å²) in [6, 6.07) is 7.33. The zero-order valence-electron chi connectivity index (χ0n) is 13.0. The molecule has 1 amide bonds. The van der Waals surface area contributed by atoms with Crippen molar-refractivity contribution in [2.75, 3.05) is 7.11 Å². The van der Waals surface area contributed by atoms with E-state index in [1.165, 1.54) is 0 Å². The van der Waals surface area contributed by atoms with E-state index in [1.54, 1.807) is 21.0 Å². The molecule has 0 aliphatic heterocycles. The van der Waals surface area contributed by atoms with E-state index in [1.807, 2.05) is 31.2 Å². The molecule has 1 aromatic carbocycles. The molecule has 0 fully saturated rings. The fraction of sp³-hybridized carbons (Fsp3) is 0.500. The molecular weight excluding hydrogens is 270 g/mol. The van der Waals surface area contributed by atoms with Crippen molar-refractivity contribution in [2.45, 2.75) is 39.7 Å². The first-order valence-electron chi connectivity index (χ1n) is 6.88. The van der Waals surface area contributed by atoms with Gasteiger partial charge in [0.05, 0.1) is 19.6 Å². The van der Waals surface area contributed by atoms with Crippen LogP contribution in [0.25, 0.3) is 0 Å². The van der Waals surface area contributed by atoms with E-state index in [4.69, 9.17) is 9.84 Å². The topological polar surface area (TPSA) is 75.6 Å². The molecule has 5 heteroatoms. The van der Waals surface area contributed by atoms with Gasteiger partial charge in [-0.3, -0.25) is 9.59 Å². The van der Waals surface area contributed by atoms with E-state index in [-0.39, 0.29) is 24.8 Å². The van der Waals surface area contributed by atoms with Crippen molar-refractivity contribution >= 4 is 11.9 Å². The van der Waals surface area contributed by atoms with Crippen molar-refractivity contribution in [3.63, 3.8) is 0 Å². The van der Waals surface area contributed by atoms with Gasteiger partial charge in [0.2, 0.25) is 5.91 Å². The summed E-state index contributed by atoms with van der Waals surface area (Å²) in [5.74, 6) is -0.277. The summed E-state index contributed by atoms with van der Waals surface area (Å²) in [5.41, 5.74) is 0.412. The molecule has 0 aliphatic carbocycles. The lowest BCUT2D eigenvalue weighted by Gasteiger charge is -2.23. The molecule has 2 N–H and O–H groups in total. The van der Waals surface area contributed by atoms with Gasteiger partial charge >= 0.3 is 5.97 Å². The smallest absolute Gasteiger partial charge is 0.303 e. The third kappa shape index (κ3) is 5.85.